The summed E-state index contributed by atoms with van der Waals surface area (Å²) in [4.78, 5) is 26.1. The Kier molecular flexibility index (Phi) is 5.49. The van der Waals surface area contributed by atoms with Gasteiger partial charge in [0.2, 0.25) is 5.91 Å². The van der Waals surface area contributed by atoms with Gasteiger partial charge in [-0.05, 0) is 54.4 Å². The molecule has 1 aliphatic rings. The average molecular weight is 349 g/mol. The molecule has 1 aliphatic heterocycles. The van der Waals surface area contributed by atoms with Crippen LogP contribution in [0.1, 0.15) is 27.0 Å². The Morgan fingerprint density at radius 1 is 1.12 bits per heavy atom. The van der Waals surface area contributed by atoms with Crippen molar-refractivity contribution in [2.45, 2.75) is 13.0 Å². The lowest BCUT2D eigenvalue weighted by Gasteiger charge is -2.25. The van der Waals surface area contributed by atoms with Gasteiger partial charge in [0, 0.05) is 37.5 Å². The zero-order valence-electron chi connectivity index (χ0n) is 15.1. The summed E-state index contributed by atoms with van der Waals surface area (Å²) in [5, 5.41) is 5.35. The topological polar surface area (TPSA) is 61.4 Å². The molecule has 0 aromatic heterocycles. The number of carbonyl (C=O) groups is 2. The molecule has 0 saturated heterocycles. The molecule has 0 bridgehead atoms. The zero-order valence-corrected chi connectivity index (χ0v) is 15.1. The fourth-order valence-electron chi connectivity index (χ4n) is 3.06. The number of hydrogen-bond donors (Lipinski definition) is 2. The molecule has 2 aromatic carbocycles. The van der Waals surface area contributed by atoms with E-state index in [1.165, 1.54) is 17.2 Å². The van der Waals surface area contributed by atoms with Gasteiger partial charge in [0.05, 0.1) is 0 Å². The molecule has 2 amide bonds. The Bertz CT molecular complexity index is 858. The van der Waals surface area contributed by atoms with Gasteiger partial charge in [0.25, 0.3) is 5.91 Å². The van der Waals surface area contributed by atoms with E-state index in [0.717, 1.165) is 25.1 Å². The molecule has 0 aliphatic carbocycles. The lowest BCUT2D eigenvalue weighted by atomic mass is 9.97. The molecule has 0 unspecified atom stereocenters. The summed E-state index contributed by atoms with van der Waals surface area (Å²) in [6.07, 6.45) is 4.39. The highest BCUT2D eigenvalue weighted by molar-refractivity contribution is 6.03. The van der Waals surface area contributed by atoms with Gasteiger partial charge in [-0.1, -0.05) is 24.3 Å². The Morgan fingerprint density at radius 2 is 1.96 bits per heavy atom. The molecule has 2 aromatic rings. The maximum Gasteiger partial charge on any atom is 0.251 e. The molecule has 0 fully saturated rings. The van der Waals surface area contributed by atoms with E-state index in [4.69, 9.17) is 0 Å². The first kappa shape index (κ1) is 17.9. The maximum absolute atomic E-state index is 12.2. The van der Waals surface area contributed by atoms with E-state index in [2.05, 4.69) is 34.7 Å². The summed E-state index contributed by atoms with van der Waals surface area (Å²) in [5.41, 5.74) is 4.81. The van der Waals surface area contributed by atoms with E-state index in [1.807, 2.05) is 12.1 Å². The molecule has 2 N–H and O–H groups in total. The van der Waals surface area contributed by atoms with Crippen molar-refractivity contribution >= 4 is 23.6 Å². The number of benzene rings is 2. The van der Waals surface area contributed by atoms with E-state index in [9.17, 15) is 9.59 Å². The monoisotopic (exact) mass is 349 g/mol. The number of nitrogens with one attached hydrogen (secondary N) is 2. The standard InChI is InChI=1S/C21H23N3O2/c1-22-21(26)17-4-3-5-19(13-17)23-20(25)9-7-15-6-8-16-10-11-24(2)14-18(16)12-15/h3-9,12-13H,10-11,14H2,1-2H3,(H,22,26)(H,23,25). The number of hydrogen-bond acceptors (Lipinski definition) is 3. The number of likely N-dealkylation sites (N-methyl/N-ethyl adjacent to an activating group) is 1. The molecule has 5 heteroatoms. The van der Waals surface area contributed by atoms with E-state index in [-0.39, 0.29) is 11.8 Å². The second-order valence-electron chi connectivity index (χ2n) is 6.50. The Morgan fingerprint density at radius 3 is 2.77 bits per heavy atom. The molecule has 5 nitrogen and oxygen atoms in total. The molecule has 3 rings (SSSR count). The molecular formula is C21H23N3O2. The number of rotatable bonds is 4. The summed E-state index contributed by atoms with van der Waals surface area (Å²) in [6.45, 7) is 2.02. The van der Waals surface area contributed by atoms with Gasteiger partial charge >= 0.3 is 0 Å². The maximum atomic E-state index is 12.2. The number of amides is 2. The van der Waals surface area contributed by atoms with Crippen molar-refractivity contribution in [2.24, 2.45) is 0 Å². The third-order valence-corrected chi connectivity index (χ3v) is 4.48. The SMILES string of the molecule is CNC(=O)c1cccc(NC(=O)C=Cc2ccc3c(c2)CN(C)CC3)c1. The van der Waals surface area contributed by atoms with E-state index in [1.54, 1.807) is 31.3 Å². The van der Waals surface area contributed by atoms with E-state index >= 15 is 0 Å². The minimum Gasteiger partial charge on any atom is -0.355 e. The number of anilines is 1. The zero-order chi connectivity index (χ0) is 18.5. The first-order valence-corrected chi connectivity index (χ1v) is 8.67. The molecule has 0 spiro atoms. The van der Waals surface area contributed by atoms with Crippen LogP contribution in [-0.2, 0) is 17.8 Å². The van der Waals surface area contributed by atoms with Gasteiger partial charge in [0.15, 0.2) is 0 Å². The molecular weight excluding hydrogens is 326 g/mol. The highest BCUT2D eigenvalue weighted by Gasteiger charge is 2.12. The molecule has 134 valence electrons. The summed E-state index contributed by atoms with van der Waals surface area (Å²) < 4.78 is 0. The minimum absolute atomic E-state index is 0.185. The van der Waals surface area contributed by atoms with Crippen molar-refractivity contribution < 1.29 is 9.59 Å². The first-order valence-electron chi connectivity index (χ1n) is 8.67. The smallest absolute Gasteiger partial charge is 0.251 e. The van der Waals surface area contributed by atoms with Gasteiger partial charge in [0.1, 0.15) is 0 Å². The largest absolute Gasteiger partial charge is 0.355 e. The predicted molar refractivity (Wildman–Crippen MR) is 104 cm³/mol. The third-order valence-electron chi connectivity index (χ3n) is 4.48. The second kappa shape index (κ2) is 7.97. The highest BCUT2D eigenvalue weighted by Crippen LogP contribution is 2.20. The molecule has 0 atom stereocenters. The van der Waals surface area contributed by atoms with Crippen LogP contribution in [0.4, 0.5) is 5.69 Å². The molecule has 1 heterocycles. The van der Waals surface area contributed by atoms with Crippen LogP contribution in [0.5, 0.6) is 0 Å². The Labute approximate surface area is 153 Å². The van der Waals surface area contributed by atoms with Crippen LogP contribution in [0.3, 0.4) is 0 Å². The predicted octanol–water partition coefficient (Wildman–Crippen LogP) is 2.69. The fourth-order valence-corrected chi connectivity index (χ4v) is 3.06. The van der Waals surface area contributed by atoms with Gasteiger partial charge in [-0.3, -0.25) is 9.59 Å². The first-order chi connectivity index (χ1) is 12.5. The second-order valence-corrected chi connectivity index (χ2v) is 6.50. The molecule has 0 saturated carbocycles. The lowest BCUT2D eigenvalue weighted by molar-refractivity contribution is -0.111. The molecule has 26 heavy (non-hydrogen) atoms. The van der Waals surface area contributed by atoms with Crippen LogP contribution in [0.25, 0.3) is 6.08 Å². The fraction of sp³-hybridized carbons (Fsp3) is 0.238. The van der Waals surface area contributed by atoms with Crippen LogP contribution < -0.4 is 10.6 Å². The van der Waals surface area contributed by atoms with Gasteiger partial charge in [-0.15, -0.1) is 0 Å². The molecule has 0 radical (unpaired) electrons. The van der Waals surface area contributed by atoms with Crippen molar-refractivity contribution in [2.75, 3.05) is 26.0 Å². The van der Waals surface area contributed by atoms with Crippen molar-refractivity contribution in [1.82, 2.24) is 10.2 Å². The minimum atomic E-state index is -0.228. The Hall–Kier alpha value is -2.92. The summed E-state index contributed by atoms with van der Waals surface area (Å²) in [6, 6.07) is 13.2. The van der Waals surface area contributed by atoms with Crippen LogP contribution in [0.2, 0.25) is 0 Å². The lowest BCUT2D eigenvalue weighted by Crippen LogP contribution is -2.26. The van der Waals surface area contributed by atoms with Crippen LogP contribution in [0.15, 0.2) is 48.5 Å². The summed E-state index contributed by atoms with van der Waals surface area (Å²) in [5.74, 6) is -0.412. The number of carbonyl (C=O) groups excluding carboxylic acids is 2. The van der Waals surface area contributed by atoms with Gasteiger partial charge < -0.3 is 15.5 Å². The van der Waals surface area contributed by atoms with Gasteiger partial charge in [-0.2, -0.15) is 0 Å². The van der Waals surface area contributed by atoms with Crippen LogP contribution >= 0.6 is 0 Å². The van der Waals surface area contributed by atoms with Crippen LogP contribution in [0, 0.1) is 0 Å². The van der Waals surface area contributed by atoms with E-state index in [0.29, 0.717) is 11.3 Å². The number of nitrogens with zero attached hydrogens (tertiary/aromatic N) is 1. The average Bonchev–Trinajstić information content (AvgIpc) is 2.65. The van der Waals surface area contributed by atoms with Gasteiger partial charge in [-0.25, -0.2) is 0 Å². The van der Waals surface area contributed by atoms with Crippen molar-refractivity contribution in [1.29, 1.82) is 0 Å². The van der Waals surface area contributed by atoms with Crippen molar-refractivity contribution in [3.8, 4) is 0 Å². The third kappa shape index (κ3) is 4.37. The van der Waals surface area contributed by atoms with E-state index < -0.39 is 0 Å². The quantitative estimate of drug-likeness (QED) is 0.835. The summed E-state index contributed by atoms with van der Waals surface area (Å²) >= 11 is 0. The van der Waals surface area contributed by atoms with Crippen LogP contribution in [-0.4, -0.2) is 37.4 Å². The van der Waals surface area contributed by atoms with Crippen molar-refractivity contribution in [3.63, 3.8) is 0 Å². The Balaban J connectivity index is 1.67. The summed E-state index contributed by atoms with van der Waals surface area (Å²) in [7, 11) is 3.69. The number of fused-ring (bicyclic) bond motifs is 1. The highest BCUT2D eigenvalue weighted by atomic mass is 16.2. The normalized spacial score (nSPS) is 14.1. The van der Waals surface area contributed by atoms with Crippen molar-refractivity contribution in [3.05, 3.63) is 70.8 Å².